The van der Waals surface area contributed by atoms with Crippen molar-refractivity contribution in [3.8, 4) is 5.75 Å². The minimum absolute atomic E-state index is 0.102. The number of hydrogen-bond acceptors (Lipinski definition) is 4. The van der Waals surface area contributed by atoms with Crippen LogP contribution in [0.1, 0.15) is 43.7 Å². The molecule has 0 aliphatic rings. The molecule has 5 heteroatoms. The van der Waals surface area contributed by atoms with E-state index in [0.29, 0.717) is 0 Å². The molecule has 0 unspecified atom stereocenters. The predicted molar refractivity (Wildman–Crippen MR) is 120 cm³/mol. The first-order chi connectivity index (χ1) is 12.7. The van der Waals surface area contributed by atoms with Crippen molar-refractivity contribution in [1.29, 1.82) is 0 Å². The molecule has 0 bridgehead atoms. The lowest BCUT2D eigenvalue weighted by Gasteiger charge is -2.36. The van der Waals surface area contributed by atoms with Crippen molar-refractivity contribution in [3.05, 3.63) is 52.2 Å². The van der Waals surface area contributed by atoms with Crippen LogP contribution in [0.4, 0.5) is 0 Å². The van der Waals surface area contributed by atoms with E-state index in [-0.39, 0.29) is 11.1 Å². The zero-order valence-corrected chi connectivity index (χ0v) is 19.5. The third-order valence-electron chi connectivity index (χ3n) is 5.38. The van der Waals surface area contributed by atoms with E-state index in [1.807, 2.05) is 7.05 Å². The Balaban J connectivity index is 1.90. The van der Waals surface area contributed by atoms with Crippen LogP contribution >= 0.6 is 11.3 Å². The molecule has 0 aliphatic carbocycles. The van der Waals surface area contributed by atoms with Crippen molar-refractivity contribution < 1.29 is 9.16 Å². The number of nitrogens with one attached hydrogen (secondary N) is 1. The first-order valence-electron chi connectivity index (χ1n) is 9.80. The maximum absolute atomic E-state index is 6.29. The summed E-state index contributed by atoms with van der Waals surface area (Å²) in [5.74, 6) is 0.929. The third-order valence-corrected chi connectivity index (χ3v) is 10.9. The van der Waals surface area contributed by atoms with Gasteiger partial charge < -0.3 is 14.5 Å². The van der Waals surface area contributed by atoms with Crippen molar-refractivity contribution in [2.45, 2.75) is 57.8 Å². The first-order valence-corrected chi connectivity index (χ1v) is 13.6. The highest BCUT2D eigenvalue weighted by molar-refractivity contribution is 7.10. The van der Waals surface area contributed by atoms with Gasteiger partial charge in [-0.3, -0.25) is 0 Å². The van der Waals surface area contributed by atoms with Crippen LogP contribution in [0, 0.1) is 0 Å². The van der Waals surface area contributed by atoms with Crippen molar-refractivity contribution in [3.63, 3.8) is 0 Å². The van der Waals surface area contributed by atoms with Gasteiger partial charge in [0.15, 0.2) is 8.32 Å². The van der Waals surface area contributed by atoms with Gasteiger partial charge in [-0.15, -0.1) is 11.3 Å². The summed E-state index contributed by atoms with van der Waals surface area (Å²) in [6.45, 7) is 13.2. The van der Waals surface area contributed by atoms with E-state index in [1.165, 1.54) is 10.4 Å². The Morgan fingerprint density at radius 1 is 1.11 bits per heavy atom. The molecule has 0 spiro atoms. The van der Waals surface area contributed by atoms with Gasteiger partial charge in [0, 0.05) is 17.9 Å². The quantitative estimate of drug-likeness (QED) is 0.489. The maximum atomic E-state index is 6.29. The normalized spacial score (nSPS) is 13.6. The average Bonchev–Trinajstić information content (AvgIpc) is 3.13. The topological polar surface area (TPSA) is 30.5 Å². The molecule has 1 aromatic carbocycles. The molecule has 1 heterocycles. The minimum atomic E-state index is -1.66. The van der Waals surface area contributed by atoms with Gasteiger partial charge in [-0.2, -0.15) is 0 Å². The second-order valence-electron chi connectivity index (χ2n) is 8.52. The van der Waals surface area contributed by atoms with Crippen molar-refractivity contribution in [2.24, 2.45) is 0 Å². The number of rotatable bonds is 10. The van der Waals surface area contributed by atoms with Gasteiger partial charge in [-0.05, 0) is 67.3 Å². The molecule has 0 saturated heterocycles. The Hall–Kier alpha value is -1.14. The van der Waals surface area contributed by atoms with E-state index in [1.54, 1.807) is 11.3 Å². The fraction of sp³-hybridized carbons (Fsp3) is 0.545. The molecule has 1 aromatic heterocycles. The van der Waals surface area contributed by atoms with Crippen LogP contribution in [-0.2, 0) is 10.8 Å². The van der Waals surface area contributed by atoms with Crippen molar-refractivity contribution >= 4 is 19.7 Å². The summed E-state index contributed by atoms with van der Waals surface area (Å²) < 4.78 is 12.6. The molecule has 1 N–H and O–H groups in total. The van der Waals surface area contributed by atoms with Crippen molar-refractivity contribution in [1.82, 2.24) is 5.32 Å². The number of ether oxygens (including phenoxy) is 1. The monoisotopic (exact) mass is 405 g/mol. The Bertz CT molecular complexity index is 663. The van der Waals surface area contributed by atoms with Crippen LogP contribution in [0.5, 0.6) is 5.75 Å². The van der Waals surface area contributed by atoms with Crippen LogP contribution in [0.25, 0.3) is 0 Å². The number of thiophene rings is 1. The molecule has 2 aromatic rings. The molecule has 2 rings (SSSR count). The lowest BCUT2D eigenvalue weighted by Crippen LogP contribution is -2.41. The molecular weight excluding hydrogens is 370 g/mol. The molecule has 0 amide bonds. The molecule has 27 heavy (non-hydrogen) atoms. The van der Waals surface area contributed by atoms with E-state index < -0.39 is 8.32 Å². The summed E-state index contributed by atoms with van der Waals surface area (Å²) in [4.78, 5) is 1.28. The fourth-order valence-electron chi connectivity index (χ4n) is 2.55. The molecule has 0 radical (unpaired) electrons. The second-order valence-corrected chi connectivity index (χ2v) is 14.3. The predicted octanol–water partition coefficient (Wildman–Crippen LogP) is 6.04. The zero-order valence-electron chi connectivity index (χ0n) is 17.7. The standard InChI is InChI=1S/C22H35NO2SSi/c1-22(2,3)27(5,6)24-16-14-18-9-11-19(12-10-18)25-20(13-15-23-4)21-8-7-17-26-21/h7-12,17,20,23H,13-16H2,1-6H3/t20-/m1/s1. The highest BCUT2D eigenvalue weighted by atomic mass is 32.1. The van der Waals surface area contributed by atoms with E-state index in [4.69, 9.17) is 9.16 Å². The third kappa shape index (κ3) is 6.75. The second kappa shape index (κ2) is 9.87. The summed E-state index contributed by atoms with van der Waals surface area (Å²) in [6, 6.07) is 12.7. The lowest BCUT2D eigenvalue weighted by molar-refractivity contribution is 0.198. The van der Waals surface area contributed by atoms with Crippen molar-refractivity contribution in [2.75, 3.05) is 20.2 Å². The summed E-state index contributed by atoms with van der Waals surface area (Å²) in [6.07, 6.45) is 2.00. The highest BCUT2D eigenvalue weighted by Crippen LogP contribution is 2.36. The Morgan fingerprint density at radius 3 is 2.37 bits per heavy atom. The summed E-state index contributed by atoms with van der Waals surface area (Å²) in [7, 11) is 0.314. The van der Waals surface area contributed by atoms with Gasteiger partial charge in [0.25, 0.3) is 0 Å². The average molecular weight is 406 g/mol. The largest absolute Gasteiger partial charge is 0.485 e. The molecule has 0 fully saturated rings. The van der Waals surface area contributed by atoms with E-state index in [2.05, 4.69) is 81.0 Å². The summed E-state index contributed by atoms with van der Waals surface area (Å²) >= 11 is 1.75. The van der Waals surface area contributed by atoms with Crippen LogP contribution in [0.2, 0.25) is 18.1 Å². The Kier molecular flexibility index (Phi) is 8.10. The van der Waals surface area contributed by atoms with Gasteiger partial charge in [-0.1, -0.05) is 39.0 Å². The van der Waals surface area contributed by atoms with Gasteiger partial charge in [0.2, 0.25) is 0 Å². The number of benzene rings is 1. The van der Waals surface area contributed by atoms with Gasteiger partial charge in [0.1, 0.15) is 11.9 Å². The van der Waals surface area contributed by atoms with Crippen LogP contribution < -0.4 is 10.1 Å². The lowest BCUT2D eigenvalue weighted by atomic mass is 10.1. The fourth-order valence-corrected chi connectivity index (χ4v) is 4.38. The van der Waals surface area contributed by atoms with Crippen LogP contribution in [-0.4, -0.2) is 28.5 Å². The van der Waals surface area contributed by atoms with Gasteiger partial charge >= 0.3 is 0 Å². The minimum Gasteiger partial charge on any atom is -0.485 e. The zero-order chi connectivity index (χ0) is 19.9. The van der Waals surface area contributed by atoms with E-state index in [0.717, 1.165) is 31.7 Å². The first kappa shape index (κ1) is 22.1. The smallest absolute Gasteiger partial charge is 0.191 e. The molecule has 1 atom stereocenters. The van der Waals surface area contributed by atoms with Gasteiger partial charge in [0.05, 0.1) is 0 Å². The SMILES string of the molecule is CNCC[C@@H](Oc1ccc(CCO[Si](C)(C)C(C)(C)C)cc1)c1cccs1. The molecule has 0 saturated carbocycles. The van der Waals surface area contributed by atoms with Crippen LogP contribution in [0.3, 0.4) is 0 Å². The van der Waals surface area contributed by atoms with Gasteiger partial charge in [-0.25, -0.2) is 0 Å². The molecule has 150 valence electrons. The maximum Gasteiger partial charge on any atom is 0.191 e. The summed E-state index contributed by atoms with van der Waals surface area (Å²) in [5, 5.41) is 5.58. The Labute approximate surface area is 170 Å². The Morgan fingerprint density at radius 2 is 1.81 bits per heavy atom. The molecule has 0 aliphatic heterocycles. The van der Waals surface area contributed by atoms with E-state index >= 15 is 0 Å². The van der Waals surface area contributed by atoms with E-state index in [9.17, 15) is 0 Å². The highest BCUT2D eigenvalue weighted by Gasteiger charge is 2.36. The molecule has 3 nitrogen and oxygen atoms in total. The number of hydrogen-bond donors (Lipinski definition) is 1. The molecular formula is C22H35NO2SSi. The van der Waals surface area contributed by atoms with Crippen LogP contribution in [0.15, 0.2) is 41.8 Å². The summed E-state index contributed by atoms with van der Waals surface area (Å²) in [5.41, 5.74) is 1.30.